The van der Waals surface area contributed by atoms with Gasteiger partial charge in [0.2, 0.25) is 0 Å². The molecule has 2 nitrogen and oxygen atoms in total. The molecule has 1 atom stereocenters. The molecule has 1 aromatic carbocycles. The normalized spacial score (nSPS) is 11.9. The first kappa shape index (κ1) is 12.1. The zero-order valence-corrected chi connectivity index (χ0v) is 9.59. The smallest absolute Gasteiger partial charge is 0.310 e. The van der Waals surface area contributed by atoms with Gasteiger partial charge >= 0.3 is 5.97 Å². The van der Waals surface area contributed by atoms with E-state index in [0.29, 0.717) is 0 Å². The lowest BCUT2D eigenvalue weighted by Gasteiger charge is -2.06. The quantitative estimate of drug-likeness (QED) is 0.882. The first-order valence-electron chi connectivity index (χ1n) is 4.36. The second-order valence-electron chi connectivity index (χ2n) is 3.16. The van der Waals surface area contributed by atoms with Crippen molar-refractivity contribution in [2.45, 2.75) is 12.8 Å². The highest BCUT2D eigenvalue weighted by Gasteiger charge is 2.12. The van der Waals surface area contributed by atoms with E-state index in [9.17, 15) is 4.79 Å². The van der Waals surface area contributed by atoms with E-state index in [2.05, 4.69) is 0 Å². The van der Waals surface area contributed by atoms with Crippen LogP contribution in [0.1, 0.15) is 24.0 Å². The van der Waals surface area contributed by atoms with Crippen LogP contribution in [0.25, 0.3) is 6.08 Å². The van der Waals surface area contributed by atoms with Gasteiger partial charge in [-0.15, -0.1) is 0 Å². The summed E-state index contributed by atoms with van der Waals surface area (Å²) in [6.45, 7) is 1.64. The van der Waals surface area contributed by atoms with Crippen molar-refractivity contribution in [1.29, 1.82) is 0 Å². The summed E-state index contributed by atoms with van der Waals surface area (Å²) in [7, 11) is 0. The Bertz CT molecular complexity index is 378. The minimum Gasteiger partial charge on any atom is -0.481 e. The Kier molecular flexibility index (Phi) is 4.18. The number of aliphatic carboxylic acids is 1. The van der Waals surface area contributed by atoms with Crippen LogP contribution in [-0.2, 0) is 4.79 Å². The Balaban J connectivity index is 2.90. The van der Waals surface area contributed by atoms with Crippen LogP contribution < -0.4 is 0 Å². The van der Waals surface area contributed by atoms with E-state index in [1.807, 2.05) is 0 Å². The molecule has 15 heavy (non-hydrogen) atoms. The van der Waals surface area contributed by atoms with E-state index in [4.69, 9.17) is 28.3 Å². The van der Waals surface area contributed by atoms with Crippen LogP contribution in [0.2, 0.25) is 0 Å². The third kappa shape index (κ3) is 3.57. The predicted octanol–water partition coefficient (Wildman–Crippen LogP) is 3.65. The molecule has 80 valence electrons. The molecule has 0 radical (unpaired) electrons. The summed E-state index contributed by atoms with van der Waals surface area (Å²) in [5.74, 6) is -1.34. The molecule has 0 aliphatic carbocycles. The SMILES string of the molecule is CC(C(=O)O)c1ccc(C=C(Cl)Cl)cc1. The average Bonchev–Trinajstić information content (AvgIpc) is 2.17. The number of rotatable bonds is 3. The van der Waals surface area contributed by atoms with E-state index in [-0.39, 0.29) is 4.49 Å². The number of carboxylic acid groups (broad SMARTS) is 1. The first-order chi connectivity index (χ1) is 7.00. The molecule has 1 N–H and O–H groups in total. The van der Waals surface area contributed by atoms with Gasteiger partial charge in [-0.1, -0.05) is 47.5 Å². The van der Waals surface area contributed by atoms with Crippen molar-refractivity contribution in [2.75, 3.05) is 0 Å². The topological polar surface area (TPSA) is 37.3 Å². The Morgan fingerprint density at radius 3 is 2.27 bits per heavy atom. The maximum atomic E-state index is 10.7. The number of carbonyl (C=O) groups is 1. The van der Waals surface area contributed by atoms with Crippen molar-refractivity contribution in [3.63, 3.8) is 0 Å². The largest absolute Gasteiger partial charge is 0.481 e. The van der Waals surface area contributed by atoms with Crippen molar-refractivity contribution in [3.05, 3.63) is 39.9 Å². The molecule has 0 saturated carbocycles. The van der Waals surface area contributed by atoms with Crippen LogP contribution >= 0.6 is 23.2 Å². The number of halogens is 2. The fraction of sp³-hybridized carbons (Fsp3) is 0.182. The molecule has 0 saturated heterocycles. The van der Waals surface area contributed by atoms with Gasteiger partial charge < -0.3 is 5.11 Å². The van der Waals surface area contributed by atoms with Crippen molar-refractivity contribution in [2.24, 2.45) is 0 Å². The molecule has 0 spiro atoms. The lowest BCUT2D eigenvalue weighted by molar-refractivity contribution is -0.138. The summed E-state index contributed by atoms with van der Waals surface area (Å²) in [6.07, 6.45) is 1.60. The van der Waals surface area contributed by atoms with Gasteiger partial charge in [0.1, 0.15) is 4.49 Å². The van der Waals surface area contributed by atoms with Gasteiger partial charge in [0.05, 0.1) is 5.92 Å². The van der Waals surface area contributed by atoms with E-state index < -0.39 is 11.9 Å². The second-order valence-corrected chi connectivity index (χ2v) is 4.17. The van der Waals surface area contributed by atoms with Crippen LogP contribution in [0.3, 0.4) is 0 Å². The molecule has 1 aromatic rings. The molecule has 0 heterocycles. The minimum atomic E-state index is -0.839. The van der Waals surface area contributed by atoms with E-state index in [1.54, 1.807) is 37.3 Å². The summed E-state index contributed by atoms with van der Waals surface area (Å²) in [5.41, 5.74) is 1.60. The van der Waals surface area contributed by atoms with Gasteiger partial charge in [0, 0.05) is 0 Å². The zero-order valence-electron chi connectivity index (χ0n) is 8.08. The molecule has 1 unspecified atom stereocenters. The van der Waals surface area contributed by atoms with Crippen LogP contribution in [0.15, 0.2) is 28.8 Å². The summed E-state index contributed by atoms with van der Waals surface area (Å²) in [5, 5.41) is 8.80. The number of hydrogen-bond acceptors (Lipinski definition) is 1. The highest BCUT2D eigenvalue weighted by molar-refractivity contribution is 6.57. The third-order valence-corrected chi connectivity index (χ3v) is 2.30. The van der Waals surface area contributed by atoms with Gasteiger partial charge in [-0.25, -0.2) is 0 Å². The second kappa shape index (κ2) is 5.19. The van der Waals surface area contributed by atoms with E-state index >= 15 is 0 Å². The number of benzene rings is 1. The van der Waals surface area contributed by atoms with Gasteiger partial charge in [-0.05, 0) is 24.1 Å². The fourth-order valence-electron chi connectivity index (χ4n) is 1.15. The van der Waals surface area contributed by atoms with Gasteiger partial charge in [-0.3, -0.25) is 4.79 Å². The molecular weight excluding hydrogens is 235 g/mol. The highest BCUT2D eigenvalue weighted by Crippen LogP contribution is 2.18. The summed E-state index contributed by atoms with van der Waals surface area (Å²) >= 11 is 11.0. The maximum Gasteiger partial charge on any atom is 0.310 e. The van der Waals surface area contributed by atoms with Crippen LogP contribution in [0, 0.1) is 0 Å². The van der Waals surface area contributed by atoms with Crippen molar-refractivity contribution >= 4 is 35.2 Å². The molecular formula is C11H10Cl2O2. The Morgan fingerprint density at radius 2 is 1.87 bits per heavy atom. The highest BCUT2D eigenvalue weighted by atomic mass is 35.5. The number of hydrogen-bond donors (Lipinski definition) is 1. The van der Waals surface area contributed by atoms with Crippen LogP contribution in [0.5, 0.6) is 0 Å². The minimum absolute atomic E-state index is 0.175. The standard InChI is InChI=1S/C11H10Cl2O2/c1-7(11(14)15)9-4-2-8(3-5-9)6-10(12)13/h2-7H,1H3,(H,14,15). The lowest BCUT2D eigenvalue weighted by Crippen LogP contribution is -2.06. The molecule has 4 heteroatoms. The van der Waals surface area contributed by atoms with Gasteiger partial charge in [0.25, 0.3) is 0 Å². The van der Waals surface area contributed by atoms with Gasteiger partial charge in [-0.2, -0.15) is 0 Å². The Labute approximate surface area is 98.1 Å². The predicted molar refractivity (Wildman–Crippen MR) is 62.2 cm³/mol. The Hall–Kier alpha value is -0.990. The van der Waals surface area contributed by atoms with Crippen LogP contribution in [-0.4, -0.2) is 11.1 Å². The summed E-state index contributed by atoms with van der Waals surface area (Å²) < 4.78 is 0.175. The molecule has 0 fully saturated rings. The molecule has 0 amide bonds. The van der Waals surface area contributed by atoms with Crippen molar-refractivity contribution < 1.29 is 9.90 Å². The molecule has 1 rings (SSSR count). The van der Waals surface area contributed by atoms with Gasteiger partial charge in [0.15, 0.2) is 0 Å². The molecule has 0 bridgehead atoms. The molecule has 0 aromatic heterocycles. The average molecular weight is 245 g/mol. The summed E-state index contributed by atoms with van der Waals surface area (Å²) in [6, 6.07) is 7.06. The lowest BCUT2D eigenvalue weighted by atomic mass is 10.0. The van der Waals surface area contributed by atoms with Crippen molar-refractivity contribution in [3.8, 4) is 0 Å². The van der Waals surface area contributed by atoms with Crippen molar-refractivity contribution in [1.82, 2.24) is 0 Å². The first-order valence-corrected chi connectivity index (χ1v) is 5.12. The zero-order chi connectivity index (χ0) is 11.4. The number of carboxylic acids is 1. The third-order valence-electron chi connectivity index (χ3n) is 2.08. The maximum absolute atomic E-state index is 10.7. The molecule has 0 aliphatic rings. The van der Waals surface area contributed by atoms with Crippen LogP contribution in [0.4, 0.5) is 0 Å². The van der Waals surface area contributed by atoms with E-state index in [0.717, 1.165) is 11.1 Å². The van der Waals surface area contributed by atoms with E-state index in [1.165, 1.54) is 0 Å². The Morgan fingerprint density at radius 1 is 1.33 bits per heavy atom. The summed E-state index contributed by atoms with van der Waals surface area (Å²) in [4.78, 5) is 10.7. The fourth-order valence-corrected chi connectivity index (χ4v) is 1.40. The monoisotopic (exact) mass is 244 g/mol. The molecule has 0 aliphatic heterocycles.